The Morgan fingerprint density at radius 1 is 1.10 bits per heavy atom. The number of hydrogen-bond acceptors (Lipinski definition) is 7. The van der Waals surface area contributed by atoms with Crippen LogP contribution in [-0.2, 0) is 27.9 Å². The Hall–Kier alpha value is -5.20. The van der Waals surface area contributed by atoms with E-state index in [1.54, 1.807) is 24.7 Å². The first-order valence-corrected chi connectivity index (χ1v) is 16.1. The minimum atomic E-state index is -0.893. The second-order valence-electron chi connectivity index (χ2n) is 13.1. The van der Waals surface area contributed by atoms with Crippen molar-refractivity contribution in [2.75, 3.05) is 6.61 Å². The molecular formula is C37H40F2N6O4. The zero-order valence-electron chi connectivity index (χ0n) is 27.6. The molecule has 2 aromatic heterocycles. The Kier molecular flexibility index (Phi) is 9.19. The van der Waals surface area contributed by atoms with Crippen molar-refractivity contribution >= 4 is 16.9 Å². The molecule has 0 aliphatic carbocycles. The summed E-state index contributed by atoms with van der Waals surface area (Å²) in [4.78, 5) is 22.2. The van der Waals surface area contributed by atoms with Crippen LogP contribution in [0.5, 0.6) is 11.5 Å². The summed E-state index contributed by atoms with van der Waals surface area (Å²) in [6, 6.07) is 15.1. The Morgan fingerprint density at radius 3 is 2.71 bits per heavy atom. The molecule has 5 aromatic rings. The molecule has 0 amide bonds. The van der Waals surface area contributed by atoms with Crippen LogP contribution in [0.2, 0.25) is 0 Å². The summed E-state index contributed by atoms with van der Waals surface area (Å²) in [6.45, 7) is 6.15. The van der Waals surface area contributed by atoms with Crippen molar-refractivity contribution in [3.8, 4) is 22.9 Å². The van der Waals surface area contributed by atoms with Gasteiger partial charge in [-0.25, -0.2) is 19.6 Å². The lowest BCUT2D eigenvalue weighted by Crippen LogP contribution is -2.36. The van der Waals surface area contributed by atoms with E-state index in [0.717, 1.165) is 16.8 Å². The summed E-state index contributed by atoms with van der Waals surface area (Å²) in [5.74, 6) is 4.81. The highest BCUT2D eigenvalue weighted by atomic mass is 19.1. The Morgan fingerprint density at radius 2 is 1.92 bits per heavy atom. The number of rotatable bonds is 4. The van der Waals surface area contributed by atoms with Gasteiger partial charge < -0.3 is 35.3 Å². The topological polar surface area (TPSA) is 156 Å². The minimum absolute atomic E-state index is 0.00852. The zero-order chi connectivity index (χ0) is 34.9. The summed E-state index contributed by atoms with van der Waals surface area (Å²) >= 11 is 0. The summed E-state index contributed by atoms with van der Waals surface area (Å²) in [6.07, 6.45) is 6.56. The van der Waals surface area contributed by atoms with E-state index in [2.05, 4.69) is 21.9 Å². The molecule has 10 nitrogen and oxygen atoms in total. The molecular weight excluding hydrogens is 630 g/mol. The van der Waals surface area contributed by atoms with Crippen LogP contribution in [0.1, 0.15) is 62.4 Å². The van der Waals surface area contributed by atoms with Crippen molar-refractivity contribution < 1.29 is 28.2 Å². The van der Waals surface area contributed by atoms with Gasteiger partial charge in [-0.1, -0.05) is 24.3 Å². The molecule has 1 unspecified atom stereocenters. The van der Waals surface area contributed by atoms with Gasteiger partial charge in [-0.2, -0.15) is 0 Å². The average molecular weight is 671 g/mol. The maximum absolute atomic E-state index is 15.7. The normalized spacial score (nSPS) is 19.6. The number of nitrogens with two attached hydrogens (primary N) is 2. The number of imidazole rings is 1. The second kappa shape index (κ2) is 13.4. The van der Waals surface area contributed by atoms with Crippen LogP contribution in [0.15, 0.2) is 78.9 Å². The lowest BCUT2D eigenvalue weighted by atomic mass is 9.75. The third kappa shape index (κ3) is 7.01. The lowest BCUT2D eigenvalue weighted by Gasteiger charge is -2.31. The standard InChI is InChI=1S/C37H40F2N6O4/c1-36(2)31(40)21-45(41)20-27-25-12-14-42-30(25)18-29(39)34(27)49-24-9-10-28(38)26(17-24)35-43-19-32(44-35)37(3,13-5-15-48-36)23-7-4-6-22(16-23)8-11-33(46)47/h4,6-7,9-10,12,14,16-19,21,42H,5,8,11,13,15,20,40-41H2,1-3H3,(H,43,44)(H,46,47)/b31-21-. The third-order valence-electron chi connectivity index (χ3n) is 9.27. The first kappa shape index (κ1) is 33.7. The number of hydrazine groups is 1. The fourth-order valence-electron chi connectivity index (χ4n) is 6.25. The van der Waals surface area contributed by atoms with E-state index < -0.39 is 28.6 Å². The summed E-state index contributed by atoms with van der Waals surface area (Å²) < 4.78 is 43.6. The van der Waals surface area contributed by atoms with Gasteiger partial charge in [-0.3, -0.25) is 4.79 Å². The molecule has 6 rings (SSSR count). The fraction of sp³-hybridized carbons (Fsp3) is 0.297. The molecule has 49 heavy (non-hydrogen) atoms. The molecule has 1 atom stereocenters. The van der Waals surface area contributed by atoms with Crippen molar-refractivity contribution in [1.29, 1.82) is 0 Å². The van der Waals surface area contributed by atoms with E-state index in [0.29, 0.717) is 48.0 Å². The van der Waals surface area contributed by atoms with Crippen molar-refractivity contribution in [3.05, 3.63) is 113 Å². The smallest absolute Gasteiger partial charge is 0.303 e. The summed E-state index contributed by atoms with van der Waals surface area (Å²) in [5.41, 5.74) is 9.08. The number of H-pyrrole nitrogens is 2. The SMILES string of the molecule is CC1(C)OCCCC(C)(c2cccc(CCC(=O)O)c2)c2cnc([nH]2)-c2cc(ccc2F)Oc2c(F)cc3[nH]ccc3c2CN(N)/C=C/1N. The van der Waals surface area contributed by atoms with Gasteiger partial charge in [-0.05, 0) is 75.4 Å². The number of carboxylic acids is 1. The van der Waals surface area contributed by atoms with E-state index in [1.165, 1.54) is 29.3 Å². The number of aromatic amines is 2. The molecule has 256 valence electrons. The molecule has 7 N–H and O–H groups in total. The maximum atomic E-state index is 15.7. The van der Waals surface area contributed by atoms with E-state index in [9.17, 15) is 9.90 Å². The summed E-state index contributed by atoms with van der Waals surface area (Å²) in [5, 5.41) is 11.3. The number of fused-ring (bicyclic) bond motifs is 8. The van der Waals surface area contributed by atoms with Gasteiger partial charge in [-0.15, -0.1) is 0 Å². The predicted molar refractivity (Wildman–Crippen MR) is 182 cm³/mol. The number of nitrogens with one attached hydrogen (secondary N) is 2. The number of aromatic nitrogens is 3. The number of halogens is 2. The number of carbonyl (C=O) groups is 1. The maximum Gasteiger partial charge on any atom is 0.303 e. The number of carboxylic acid groups (broad SMARTS) is 1. The van der Waals surface area contributed by atoms with Gasteiger partial charge in [0, 0.05) is 65.3 Å². The predicted octanol–water partition coefficient (Wildman–Crippen LogP) is 7.02. The molecule has 0 saturated carbocycles. The van der Waals surface area contributed by atoms with Crippen LogP contribution < -0.4 is 16.3 Å². The van der Waals surface area contributed by atoms with Gasteiger partial charge in [0.05, 0.1) is 17.8 Å². The van der Waals surface area contributed by atoms with E-state index in [-0.39, 0.29) is 35.9 Å². The van der Waals surface area contributed by atoms with Crippen LogP contribution in [0.3, 0.4) is 0 Å². The first-order chi connectivity index (χ1) is 23.3. The van der Waals surface area contributed by atoms with Gasteiger partial charge >= 0.3 is 5.97 Å². The molecule has 0 radical (unpaired) electrons. The molecule has 0 spiro atoms. The lowest BCUT2D eigenvalue weighted by molar-refractivity contribution is -0.136. The third-order valence-corrected chi connectivity index (χ3v) is 9.27. The quantitative estimate of drug-likeness (QED) is 0.128. The number of aliphatic carboxylic acids is 1. The Bertz CT molecular complexity index is 2040. The monoisotopic (exact) mass is 670 g/mol. The molecule has 3 heterocycles. The largest absolute Gasteiger partial charge is 0.481 e. The number of aryl methyl sites for hydroxylation is 1. The van der Waals surface area contributed by atoms with E-state index in [4.69, 9.17) is 21.1 Å². The highest BCUT2D eigenvalue weighted by Crippen LogP contribution is 2.40. The van der Waals surface area contributed by atoms with Gasteiger partial charge in [0.1, 0.15) is 23.0 Å². The molecule has 4 bridgehead atoms. The minimum Gasteiger partial charge on any atom is -0.481 e. The Labute approximate surface area is 282 Å². The van der Waals surface area contributed by atoms with Gasteiger partial charge in [0.25, 0.3) is 0 Å². The second-order valence-corrected chi connectivity index (χ2v) is 13.1. The van der Waals surface area contributed by atoms with Crippen LogP contribution in [0, 0.1) is 11.6 Å². The number of benzene rings is 3. The van der Waals surface area contributed by atoms with Crippen molar-refractivity contribution in [2.24, 2.45) is 11.6 Å². The van der Waals surface area contributed by atoms with Crippen LogP contribution >= 0.6 is 0 Å². The zero-order valence-corrected chi connectivity index (χ0v) is 27.6. The van der Waals surface area contributed by atoms with E-state index >= 15 is 8.78 Å². The highest BCUT2D eigenvalue weighted by molar-refractivity contribution is 5.85. The molecule has 3 aromatic carbocycles. The van der Waals surface area contributed by atoms with Crippen molar-refractivity contribution in [3.63, 3.8) is 0 Å². The molecule has 1 aliphatic heterocycles. The molecule has 0 fully saturated rings. The highest BCUT2D eigenvalue weighted by Gasteiger charge is 2.32. The van der Waals surface area contributed by atoms with Crippen molar-refractivity contribution in [1.82, 2.24) is 20.0 Å². The van der Waals surface area contributed by atoms with Crippen molar-refractivity contribution in [2.45, 2.75) is 64.0 Å². The molecule has 1 aliphatic rings. The molecule has 12 heteroatoms. The number of nitrogens with zero attached hydrogens (tertiary/aromatic N) is 2. The molecule has 0 saturated heterocycles. The number of ether oxygens (including phenoxy) is 2. The summed E-state index contributed by atoms with van der Waals surface area (Å²) in [7, 11) is 0. The Balaban J connectivity index is 1.46. The van der Waals surface area contributed by atoms with Crippen LogP contribution in [0.4, 0.5) is 8.78 Å². The average Bonchev–Trinajstić information content (AvgIpc) is 3.75. The van der Waals surface area contributed by atoms with Crippen LogP contribution in [-0.4, -0.2) is 43.2 Å². The van der Waals surface area contributed by atoms with Crippen LogP contribution in [0.25, 0.3) is 22.3 Å². The number of hydrogen-bond donors (Lipinski definition) is 5. The fourth-order valence-corrected chi connectivity index (χ4v) is 6.25. The first-order valence-electron chi connectivity index (χ1n) is 16.1. The van der Waals surface area contributed by atoms with E-state index in [1.807, 2.05) is 38.1 Å². The van der Waals surface area contributed by atoms with Gasteiger partial charge in [0.2, 0.25) is 0 Å². The van der Waals surface area contributed by atoms with Gasteiger partial charge in [0.15, 0.2) is 11.6 Å².